The van der Waals surface area contributed by atoms with E-state index in [9.17, 15) is 10.1 Å². The first-order valence-electron chi connectivity index (χ1n) is 11.8. The van der Waals surface area contributed by atoms with Crippen LogP contribution in [0.2, 0.25) is 0 Å². The topological polar surface area (TPSA) is 105 Å². The number of aryl methyl sites for hydroxylation is 2. The Balaban J connectivity index is 1.66. The molecule has 0 bridgehead atoms. The van der Waals surface area contributed by atoms with Gasteiger partial charge in [0.15, 0.2) is 5.65 Å². The van der Waals surface area contributed by atoms with Crippen molar-refractivity contribution in [1.82, 2.24) is 19.6 Å². The number of nitrogens with one attached hydrogen (secondary N) is 1. The molecule has 0 amide bonds. The Bertz CT molecular complexity index is 1390. The Morgan fingerprint density at radius 3 is 2.60 bits per heavy atom. The minimum absolute atomic E-state index is 0.0000179. The SMILES string of the molecule is CCCc1nc(C)n2nc(NCC(=O)OCC)nc2c1Cc1ccc(-c2ccccc2C#N)cc1. The molecule has 1 N–H and O–H groups in total. The van der Waals surface area contributed by atoms with Gasteiger partial charge in [0, 0.05) is 17.7 Å². The van der Waals surface area contributed by atoms with Gasteiger partial charge in [0.25, 0.3) is 0 Å². The molecule has 2 aromatic heterocycles. The van der Waals surface area contributed by atoms with E-state index in [2.05, 4.69) is 40.5 Å². The molecule has 0 radical (unpaired) electrons. The van der Waals surface area contributed by atoms with Gasteiger partial charge in [-0.05, 0) is 43.0 Å². The van der Waals surface area contributed by atoms with Gasteiger partial charge in [0.1, 0.15) is 12.4 Å². The van der Waals surface area contributed by atoms with Gasteiger partial charge in [-0.1, -0.05) is 55.8 Å². The molecule has 4 rings (SSSR count). The summed E-state index contributed by atoms with van der Waals surface area (Å²) < 4.78 is 6.70. The van der Waals surface area contributed by atoms with Gasteiger partial charge >= 0.3 is 5.97 Å². The van der Waals surface area contributed by atoms with Crippen LogP contribution in [0.3, 0.4) is 0 Å². The molecule has 2 aromatic carbocycles. The molecule has 0 saturated carbocycles. The number of anilines is 1. The van der Waals surface area contributed by atoms with Crippen molar-refractivity contribution in [2.45, 2.75) is 40.0 Å². The molecule has 0 aliphatic rings. The lowest BCUT2D eigenvalue weighted by molar-refractivity contribution is -0.140. The van der Waals surface area contributed by atoms with Crippen LogP contribution in [0.1, 0.15) is 48.5 Å². The van der Waals surface area contributed by atoms with Gasteiger partial charge in [-0.3, -0.25) is 4.79 Å². The number of fused-ring (bicyclic) bond motifs is 1. The molecule has 0 aliphatic carbocycles. The van der Waals surface area contributed by atoms with E-state index < -0.39 is 0 Å². The fourth-order valence-corrected chi connectivity index (χ4v) is 4.07. The zero-order valence-electron chi connectivity index (χ0n) is 20.2. The summed E-state index contributed by atoms with van der Waals surface area (Å²) in [6, 6.07) is 18.1. The highest BCUT2D eigenvalue weighted by atomic mass is 16.5. The largest absolute Gasteiger partial charge is 0.465 e. The van der Waals surface area contributed by atoms with Crippen LogP contribution in [0.15, 0.2) is 48.5 Å². The molecule has 0 aliphatic heterocycles. The Labute approximate surface area is 204 Å². The summed E-state index contributed by atoms with van der Waals surface area (Å²) in [4.78, 5) is 21.2. The lowest BCUT2D eigenvalue weighted by atomic mass is 9.97. The Morgan fingerprint density at radius 1 is 1.11 bits per heavy atom. The first-order chi connectivity index (χ1) is 17.0. The molecule has 0 spiro atoms. The molecule has 0 unspecified atom stereocenters. The third-order valence-corrected chi connectivity index (χ3v) is 5.71. The van der Waals surface area contributed by atoms with Gasteiger partial charge in [-0.15, -0.1) is 5.10 Å². The standard InChI is InChI=1S/C27H28N6O2/c1-4-8-24-23(15-19-11-13-20(14-12-19)22-10-7-6-9-21(22)16-28)26-31-27(29-17-25(34)35-5-2)32-33(26)18(3)30-24/h6-7,9-14H,4-5,8,15,17H2,1-3H3,(H,29,32). The van der Waals surface area contributed by atoms with Crippen molar-refractivity contribution in [3.63, 3.8) is 0 Å². The van der Waals surface area contributed by atoms with Gasteiger partial charge in [-0.2, -0.15) is 14.8 Å². The molecule has 4 aromatic rings. The highest BCUT2D eigenvalue weighted by molar-refractivity contribution is 5.74. The molecular weight excluding hydrogens is 440 g/mol. The van der Waals surface area contributed by atoms with E-state index in [-0.39, 0.29) is 12.5 Å². The van der Waals surface area contributed by atoms with Crippen molar-refractivity contribution < 1.29 is 9.53 Å². The minimum atomic E-state index is -0.355. The third kappa shape index (κ3) is 5.30. The number of hydrogen-bond acceptors (Lipinski definition) is 7. The van der Waals surface area contributed by atoms with E-state index in [0.717, 1.165) is 52.3 Å². The van der Waals surface area contributed by atoms with E-state index in [0.29, 0.717) is 24.5 Å². The molecule has 0 fully saturated rings. The quantitative estimate of drug-likeness (QED) is 0.361. The molecule has 8 nitrogen and oxygen atoms in total. The summed E-state index contributed by atoms with van der Waals surface area (Å²) in [6.07, 6.45) is 2.43. The average Bonchev–Trinajstić information content (AvgIpc) is 3.31. The second kappa shape index (κ2) is 10.8. The second-order valence-corrected chi connectivity index (χ2v) is 8.19. The minimum Gasteiger partial charge on any atom is -0.465 e. The summed E-state index contributed by atoms with van der Waals surface area (Å²) in [6.45, 7) is 6.13. The molecule has 35 heavy (non-hydrogen) atoms. The predicted molar refractivity (Wildman–Crippen MR) is 134 cm³/mol. The molecule has 8 heteroatoms. The van der Waals surface area contributed by atoms with Gasteiger partial charge in [0.05, 0.1) is 18.2 Å². The summed E-state index contributed by atoms with van der Waals surface area (Å²) in [5.74, 6) is 0.750. The van der Waals surface area contributed by atoms with E-state index in [1.165, 1.54) is 0 Å². The highest BCUT2D eigenvalue weighted by Gasteiger charge is 2.17. The number of hydrogen-bond donors (Lipinski definition) is 1. The maximum absolute atomic E-state index is 11.7. The van der Waals surface area contributed by atoms with Crippen LogP contribution in [-0.2, 0) is 22.4 Å². The van der Waals surface area contributed by atoms with Crippen LogP contribution in [0.5, 0.6) is 0 Å². The number of aromatic nitrogens is 4. The van der Waals surface area contributed by atoms with Crippen molar-refractivity contribution in [1.29, 1.82) is 5.26 Å². The van der Waals surface area contributed by atoms with Crippen LogP contribution in [0, 0.1) is 18.3 Å². The van der Waals surface area contributed by atoms with Crippen LogP contribution >= 0.6 is 0 Å². The van der Waals surface area contributed by atoms with Crippen LogP contribution in [0.4, 0.5) is 5.95 Å². The summed E-state index contributed by atoms with van der Waals surface area (Å²) in [5, 5.41) is 16.9. The maximum Gasteiger partial charge on any atom is 0.325 e. The fraction of sp³-hybridized carbons (Fsp3) is 0.296. The number of carbonyl (C=O) groups is 1. The number of rotatable bonds is 9. The predicted octanol–water partition coefficient (Wildman–Crippen LogP) is 4.49. The Morgan fingerprint density at radius 2 is 1.89 bits per heavy atom. The number of esters is 1. The van der Waals surface area contributed by atoms with Crippen molar-refractivity contribution in [3.05, 3.63) is 76.7 Å². The van der Waals surface area contributed by atoms with Crippen LogP contribution < -0.4 is 5.32 Å². The van der Waals surface area contributed by atoms with Crippen LogP contribution in [-0.4, -0.2) is 38.7 Å². The number of nitriles is 1. The zero-order chi connectivity index (χ0) is 24.8. The summed E-state index contributed by atoms with van der Waals surface area (Å²) >= 11 is 0. The monoisotopic (exact) mass is 468 g/mol. The van der Waals surface area contributed by atoms with E-state index in [4.69, 9.17) is 9.72 Å². The molecule has 178 valence electrons. The van der Waals surface area contributed by atoms with Crippen molar-refractivity contribution >= 4 is 17.6 Å². The Kier molecular flexibility index (Phi) is 7.36. The van der Waals surface area contributed by atoms with Crippen molar-refractivity contribution in [2.24, 2.45) is 0 Å². The van der Waals surface area contributed by atoms with Crippen LogP contribution in [0.25, 0.3) is 16.8 Å². The number of nitrogens with zero attached hydrogens (tertiary/aromatic N) is 5. The first kappa shape index (κ1) is 23.9. The normalized spacial score (nSPS) is 10.8. The van der Waals surface area contributed by atoms with E-state index in [1.54, 1.807) is 11.4 Å². The van der Waals surface area contributed by atoms with E-state index >= 15 is 0 Å². The zero-order valence-corrected chi connectivity index (χ0v) is 20.2. The van der Waals surface area contributed by atoms with Gasteiger partial charge < -0.3 is 10.1 Å². The van der Waals surface area contributed by atoms with Gasteiger partial charge in [-0.25, -0.2) is 4.98 Å². The van der Waals surface area contributed by atoms with Gasteiger partial charge in [0.2, 0.25) is 5.95 Å². The van der Waals surface area contributed by atoms with Crippen molar-refractivity contribution in [3.8, 4) is 17.2 Å². The summed E-state index contributed by atoms with van der Waals surface area (Å²) in [5.41, 5.74) is 6.42. The lowest BCUT2D eigenvalue weighted by Gasteiger charge is -2.12. The molecule has 2 heterocycles. The number of ether oxygens (including phenoxy) is 1. The van der Waals surface area contributed by atoms with E-state index in [1.807, 2.05) is 43.3 Å². The molecule has 0 atom stereocenters. The number of carbonyl (C=O) groups excluding carboxylic acids is 1. The average molecular weight is 469 g/mol. The lowest BCUT2D eigenvalue weighted by Crippen LogP contribution is -2.17. The molecule has 0 saturated heterocycles. The first-order valence-corrected chi connectivity index (χ1v) is 11.8. The number of benzene rings is 2. The third-order valence-electron chi connectivity index (χ3n) is 5.71. The maximum atomic E-state index is 11.7. The molecular formula is C27H28N6O2. The second-order valence-electron chi connectivity index (χ2n) is 8.19. The van der Waals surface area contributed by atoms with Crippen molar-refractivity contribution in [2.75, 3.05) is 18.5 Å². The fourth-order valence-electron chi connectivity index (χ4n) is 4.07. The smallest absolute Gasteiger partial charge is 0.325 e. The highest BCUT2D eigenvalue weighted by Crippen LogP contribution is 2.26. The summed E-state index contributed by atoms with van der Waals surface area (Å²) in [7, 11) is 0. The Hall–Kier alpha value is -4.25.